The van der Waals surface area contributed by atoms with Gasteiger partial charge in [0.2, 0.25) is 0 Å². The number of carboxylic acid groups (broad SMARTS) is 1. The number of aromatic nitrogens is 3. The zero-order valence-corrected chi connectivity index (χ0v) is 10.5. The third kappa shape index (κ3) is 2.36. The van der Waals surface area contributed by atoms with Gasteiger partial charge in [-0.1, -0.05) is 17.3 Å². The van der Waals surface area contributed by atoms with E-state index in [1.165, 1.54) is 18.5 Å². The largest absolute Gasteiger partial charge is 0.478 e. The van der Waals surface area contributed by atoms with Crippen LogP contribution in [0.15, 0.2) is 24.3 Å². The van der Waals surface area contributed by atoms with Gasteiger partial charge in [-0.25, -0.2) is 9.48 Å². The SMILES string of the molecule is O=C(O)c1cccc(Cn2nnc3c2CCCC3)c1. The van der Waals surface area contributed by atoms with Gasteiger partial charge in [-0.3, -0.25) is 0 Å². The topological polar surface area (TPSA) is 68.0 Å². The first-order chi connectivity index (χ1) is 9.24. The number of nitrogens with zero attached hydrogens (tertiary/aromatic N) is 3. The third-order valence-electron chi connectivity index (χ3n) is 3.50. The lowest BCUT2D eigenvalue weighted by molar-refractivity contribution is 0.0696. The maximum absolute atomic E-state index is 11.0. The number of fused-ring (bicyclic) bond motifs is 1. The van der Waals surface area contributed by atoms with E-state index in [9.17, 15) is 4.79 Å². The molecular weight excluding hydrogens is 242 g/mol. The van der Waals surface area contributed by atoms with Crippen LogP contribution in [-0.4, -0.2) is 26.1 Å². The number of hydrogen-bond donors (Lipinski definition) is 1. The molecule has 0 fully saturated rings. The van der Waals surface area contributed by atoms with Gasteiger partial charge in [0.15, 0.2) is 0 Å². The zero-order valence-electron chi connectivity index (χ0n) is 10.5. The highest BCUT2D eigenvalue weighted by molar-refractivity contribution is 5.87. The van der Waals surface area contributed by atoms with Crippen LogP contribution in [0.1, 0.15) is 40.2 Å². The maximum Gasteiger partial charge on any atom is 0.335 e. The molecule has 1 aromatic carbocycles. The van der Waals surface area contributed by atoms with Crippen molar-refractivity contribution in [3.63, 3.8) is 0 Å². The van der Waals surface area contributed by atoms with Crippen LogP contribution in [0.3, 0.4) is 0 Å². The summed E-state index contributed by atoms with van der Waals surface area (Å²) in [6, 6.07) is 6.98. The van der Waals surface area contributed by atoms with Crippen LogP contribution in [0.2, 0.25) is 0 Å². The summed E-state index contributed by atoms with van der Waals surface area (Å²) < 4.78 is 1.90. The van der Waals surface area contributed by atoms with Crippen molar-refractivity contribution in [2.24, 2.45) is 0 Å². The van der Waals surface area contributed by atoms with E-state index < -0.39 is 5.97 Å². The van der Waals surface area contributed by atoms with E-state index in [0.29, 0.717) is 12.1 Å². The highest BCUT2D eigenvalue weighted by atomic mass is 16.4. The Bertz CT molecular complexity index is 619. The quantitative estimate of drug-likeness (QED) is 0.911. The fraction of sp³-hybridized carbons (Fsp3) is 0.357. The molecule has 1 aliphatic carbocycles. The molecule has 19 heavy (non-hydrogen) atoms. The monoisotopic (exact) mass is 257 g/mol. The molecule has 0 atom stereocenters. The molecule has 1 aliphatic rings. The summed E-state index contributed by atoms with van der Waals surface area (Å²) >= 11 is 0. The first-order valence-corrected chi connectivity index (χ1v) is 6.47. The zero-order chi connectivity index (χ0) is 13.2. The predicted molar refractivity (Wildman–Crippen MR) is 69.2 cm³/mol. The lowest BCUT2D eigenvalue weighted by Crippen LogP contribution is -2.10. The summed E-state index contributed by atoms with van der Waals surface area (Å²) in [5.74, 6) is -0.900. The van der Waals surface area contributed by atoms with E-state index >= 15 is 0 Å². The van der Waals surface area contributed by atoms with Gasteiger partial charge in [-0.15, -0.1) is 5.10 Å². The van der Waals surface area contributed by atoms with Crippen LogP contribution in [0.25, 0.3) is 0 Å². The summed E-state index contributed by atoms with van der Waals surface area (Å²) in [5.41, 5.74) is 3.55. The Labute approximate surface area is 110 Å². The second kappa shape index (κ2) is 4.84. The van der Waals surface area contributed by atoms with Gasteiger partial charge in [-0.2, -0.15) is 0 Å². The van der Waals surface area contributed by atoms with Gasteiger partial charge < -0.3 is 5.11 Å². The highest BCUT2D eigenvalue weighted by Crippen LogP contribution is 2.19. The first kappa shape index (κ1) is 11.9. The Kier molecular flexibility index (Phi) is 3.03. The molecular formula is C14H15N3O2. The molecule has 5 heteroatoms. The smallest absolute Gasteiger partial charge is 0.335 e. The van der Waals surface area contributed by atoms with Gasteiger partial charge in [0.05, 0.1) is 23.5 Å². The van der Waals surface area contributed by atoms with Crippen molar-refractivity contribution in [3.05, 3.63) is 46.8 Å². The van der Waals surface area contributed by atoms with Crippen molar-refractivity contribution >= 4 is 5.97 Å². The van der Waals surface area contributed by atoms with Gasteiger partial charge in [0.1, 0.15) is 0 Å². The molecule has 0 amide bonds. The minimum Gasteiger partial charge on any atom is -0.478 e. The molecule has 1 heterocycles. The molecule has 0 spiro atoms. The summed E-state index contributed by atoms with van der Waals surface area (Å²) in [6.07, 6.45) is 4.38. The van der Waals surface area contributed by atoms with Gasteiger partial charge >= 0.3 is 5.97 Å². The van der Waals surface area contributed by atoms with Crippen LogP contribution in [0.4, 0.5) is 0 Å². The predicted octanol–water partition coefficient (Wildman–Crippen LogP) is 1.90. The number of aromatic carboxylic acids is 1. The Hall–Kier alpha value is -2.17. The molecule has 0 radical (unpaired) electrons. The number of carbonyl (C=O) groups is 1. The average molecular weight is 257 g/mol. The van der Waals surface area contributed by atoms with Crippen LogP contribution in [0.5, 0.6) is 0 Å². The molecule has 0 saturated heterocycles. The van der Waals surface area contributed by atoms with Crippen molar-refractivity contribution in [3.8, 4) is 0 Å². The van der Waals surface area contributed by atoms with E-state index in [1.807, 2.05) is 10.7 Å². The number of hydrogen-bond acceptors (Lipinski definition) is 3. The van der Waals surface area contributed by atoms with Crippen molar-refractivity contribution < 1.29 is 9.90 Å². The third-order valence-corrected chi connectivity index (χ3v) is 3.50. The van der Waals surface area contributed by atoms with Crippen LogP contribution < -0.4 is 0 Å². The highest BCUT2D eigenvalue weighted by Gasteiger charge is 2.16. The van der Waals surface area contributed by atoms with Crippen LogP contribution in [0, 0.1) is 0 Å². The average Bonchev–Trinajstić information content (AvgIpc) is 2.83. The van der Waals surface area contributed by atoms with E-state index in [4.69, 9.17) is 5.11 Å². The minimum absolute atomic E-state index is 0.312. The molecule has 2 aromatic rings. The second-order valence-corrected chi connectivity index (χ2v) is 4.85. The number of rotatable bonds is 3. The number of carboxylic acids is 1. The minimum atomic E-state index is -0.900. The van der Waals surface area contributed by atoms with Gasteiger partial charge in [0.25, 0.3) is 0 Å². The standard InChI is InChI=1S/C14H15N3O2/c18-14(19)11-5-3-4-10(8-11)9-17-13-7-2-1-6-12(13)15-16-17/h3-5,8H,1-2,6-7,9H2,(H,18,19). The van der Waals surface area contributed by atoms with Crippen LogP contribution >= 0.6 is 0 Å². The van der Waals surface area contributed by atoms with E-state index in [1.54, 1.807) is 18.2 Å². The number of aryl methyl sites for hydroxylation is 1. The molecule has 1 N–H and O–H groups in total. The summed E-state index contributed by atoms with van der Waals surface area (Å²) in [4.78, 5) is 11.0. The molecule has 0 unspecified atom stereocenters. The second-order valence-electron chi connectivity index (χ2n) is 4.85. The Morgan fingerprint density at radius 1 is 1.32 bits per heavy atom. The Balaban J connectivity index is 1.87. The number of benzene rings is 1. The fourth-order valence-electron chi connectivity index (χ4n) is 2.52. The Morgan fingerprint density at radius 2 is 2.16 bits per heavy atom. The van der Waals surface area contributed by atoms with Gasteiger partial charge in [-0.05, 0) is 43.4 Å². The van der Waals surface area contributed by atoms with Crippen molar-refractivity contribution in [1.29, 1.82) is 0 Å². The van der Waals surface area contributed by atoms with Crippen molar-refractivity contribution in [2.45, 2.75) is 32.2 Å². The normalized spacial score (nSPS) is 14.1. The van der Waals surface area contributed by atoms with Crippen molar-refractivity contribution in [2.75, 3.05) is 0 Å². The summed E-state index contributed by atoms with van der Waals surface area (Å²) in [7, 11) is 0. The molecule has 0 aliphatic heterocycles. The first-order valence-electron chi connectivity index (χ1n) is 6.47. The maximum atomic E-state index is 11.0. The molecule has 0 saturated carbocycles. The molecule has 0 bridgehead atoms. The van der Waals surface area contributed by atoms with E-state index in [0.717, 1.165) is 24.1 Å². The fourth-order valence-corrected chi connectivity index (χ4v) is 2.52. The lowest BCUT2D eigenvalue weighted by Gasteiger charge is -2.12. The lowest BCUT2D eigenvalue weighted by atomic mass is 10.0. The summed E-state index contributed by atoms with van der Waals surface area (Å²) in [5, 5.41) is 17.4. The molecule has 5 nitrogen and oxygen atoms in total. The van der Waals surface area contributed by atoms with Crippen LogP contribution in [-0.2, 0) is 19.4 Å². The Morgan fingerprint density at radius 3 is 3.00 bits per heavy atom. The molecule has 3 rings (SSSR count). The molecule has 1 aromatic heterocycles. The summed E-state index contributed by atoms with van der Waals surface area (Å²) in [6.45, 7) is 0.587. The van der Waals surface area contributed by atoms with Gasteiger partial charge in [0, 0.05) is 0 Å². The van der Waals surface area contributed by atoms with Crippen molar-refractivity contribution in [1.82, 2.24) is 15.0 Å². The van der Waals surface area contributed by atoms with E-state index in [2.05, 4.69) is 10.3 Å². The molecule has 98 valence electrons. The van der Waals surface area contributed by atoms with E-state index in [-0.39, 0.29) is 0 Å².